The first-order valence-corrected chi connectivity index (χ1v) is 9.50. The number of pyridine rings is 1. The molecule has 0 saturated carbocycles. The molecule has 1 fully saturated rings. The molecule has 7 heteroatoms. The summed E-state index contributed by atoms with van der Waals surface area (Å²) in [5, 5.41) is 15.1. The van der Waals surface area contributed by atoms with Crippen molar-refractivity contribution in [3.63, 3.8) is 0 Å². The Kier molecular flexibility index (Phi) is 4.76. The topological polar surface area (TPSA) is 92.1 Å². The van der Waals surface area contributed by atoms with Gasteiger partial charge >= 0.3 is 0 Å². The Morgan fingerprint density at radius 3 is 2.76 bits per heavy atom. The van der Waals surface area contributed by atoms with Crippen LogP contribution in [-0.4, -0.2) is 40.0 Å². The number of carbonyl (C=O) groups excluding carboxylic acids is 2. The second-order valence-corrected chi connectivity index (χ2v) is 7.45. The Morgan fingerprint density at radius 2 is 2.07 bits per heavy atom. The van der Waals surface area contributed by atoms with Crippen LogP contribution in [0.25, 0.3) is 5.52 Å². The summed E-state index contributed by atoms with van der Waals surface area (Å²) in [6.07, 6.45) is 2.10. The first-order chi connectivity index (χ1) is 13.9. The highest BCUT2D eigenvalue weighted by Gasteiger charge is 2.43. The van der Waals surface area contributed by atoms with Gasteiger partial charge in [-0.3, -0.25) is 9.59 Å². The number of ether oxygens (including phenoxy) is 1. The zero-order chi connectivity index (χ0) is 20.6. The van der Waals surface area contributed by atoms with Gasteiger partial charge in [0.2, 0.25) is 5.91 Å². The van der Waals surface area contributed by atoms with Crippen molar-refractivity contribution < 1.29 is 19.4 Å². The molecule has 3 heterocycles. The largest absolute Gasteiger partial charge is 0.456 e. The maximum Gasteiger partial charge on any atom is 0.269 e. The van der Waals surface area contributed by atoms with Crippen molar-refractivity contribution in [3.05, 3.63) is 65.5 Å². The van der Waals surface area contributed by atoms with Gasteiger partial charge in [-0.2, -0.15) is 0 Å². The van der Waals surface area contributed by atoms with Crippen LogP contribution in [0.1, 0.15) is 28.0 Å². The van der Waals surface area contributed by atoms with Gasteiger partial charge in [-0.25, -0.2) is 0 Å². The predicted molar refractivity (Wildman–Crippen MR) is 108 cm³/mol. The SMILES string of the molecule is Cc1cccc(Oc2ccc3cc(C)c(C(=O)NC4(CO)CCNC4=O)n3c2)c1. The Hall–Kier alpha value is -3.32. The number of nitrogens with one attached hydrogen (secondary N) is 2. The molecule has 2 amide bonds. The zero-order valence-corrected chi connectivity index (χ0v) is 16.4. The van der Waals surface area contributed by atoms with E-state index in [1.165, 1.54) is 0 Å². The van der Waals surface area contributed by atoms with Crippen molar-refractivity contribution in [3.8, 4) is 11.5 Å². The van der Waals surface area contributed by atoms with Gasteiger partial charge in [-0.05, 0) is 61.7 Å². The fourth-order valence-corrected chi connectivity index (χ4v) is 3.71. The molecule has 3 N–H and O–H groups in total. The Morgan fingerprint density at radius 1 is 1.24 bits per heavy atom. The molecule has 0 bridgehead atoms. The zero-order valence-electron chi connectivity index (χ0n) is 16.4. The second-order valence-electron chi connectivity index (χ2n) is 7.45. The first-order valence-electron chi connectivity index (χ1n) is 9.50. The molecule has 0 radical (unpaired) electrons. The van der Waals surface area contributed by atoms with E-state index in [2.05, 4.69) is 10.6 Å². The third kappa shape index (κ3) is 3.45. The number of benzene rings is 1. The molecule has 1 aromatic carbocycles. The molecule has 29 heavy (non-hydrogen) atoms. The van der Waals surface area contributed by atoms with Gasteiger partial charge in [0.1, 0.15) is 22.7 Å². The summed E-state index contributed by atoms with van der Waals surface area (Å²) in [6.45, 7) is 3.80. The van der Waals surface area contributed by atoms with Crippen LogP contribution in [0.15, 0.2) is 48.7 Å². The van der Waals surface area contributed by atoms with E-state index in [1.807, 2.05) is 56.3 Å². The van der Waals surface area contributed by atoms with Gasteiger partial charge < -0.3 is 24.9 Å². The third-order valence-corrected chi connectivity index (χ3v) is 5.27. The number of rotatable bonds is 5. The molecule has 1 aliphatic heterocycles. The standard InChI is InChI=1S/C22H23N3O4/c1-14-4-3-5-17(10-14)29-18-7-6-16-11-15(2)19(25(16)12-18)20(27)24-22(13-26)8-9-23-21(22)28/h3-7,10-12,26H,8-9,13H2,1-2H3,(H,23,28)(H,24,27). The first kappa shape index (κ1) is 19.0. The molecule has 1 atom stereocenters. The average Bonchev–Trinajstić information content (AvgIpc) is 3.21. The van der Waals surface area contributed by atoms with Gasteiger partial charge in [0.05, 0.1) is 12.8 Å². The lowest BCUT2D eigenvalue weighted by Gasteiger charge is -2.25. The monoisotopic (exact) mass is 393 g/mol. The van der Waals surface area contributed by atoms with Crippen LogP contribution < -0.4 is 15.4 Å². The van der Waals surface area contributed by atoms with Gasteiger partial charge in [-0.1, -0.05) is 12.1 Å². The highest BCUT2D eigenvalue weighted by molar-refractivity contribution is 6.01. The van der Waals surface area contributed by atoms with E-state index in [0.717, 1.165) is 16.6 Å². The van der Waals surface area contributed by atoms with Gasteiger partial charge in [0.15, 0.2) is 0 Å². The lowest BCUT2D eigenvalue weighted by atomic mass is 9.98. The Bertz CT molecular complexity index is 1100. The lowest BCUT2D eigenvalue weighted by molar-refractivity contribution is -0.125. The van der Waals surface area contributed by atoms with Crippen LogP contribution >= 0.6 is 0 Å². The van der Waals surface area contributed by atoms with Crippen LogP contribution in [0.4, 0.5) is 0 Å². The number of fused-ring (bicyclic) bond motifs is 1. The van der Waals surface area contributed by atoms with E-state index >= 15 is 0 Å². The summed E-state index contributed by atoms with van der Waals surface area (Å²) in [5.74, 6) is 0.515. The Balaban J connectivity index is 1.68. The minimum absolute atomic E-state index is 0.345. The third-order valence-electron chi connectivity index (χ3n) is 5.27. The molecule has 1 unspecified atom stereocenters. The molecule has 2 aromatic heterocycles. The number of amides is 2. The molecule has 0 spiro atoms. The number of aliphatic hydroxyl groups is 1. The minimum atomic E-state index is -1.29. The van der Waals surface area contributed by atoms with Gasteiger partial charge in [0, 0.05) is 12.1 Å². The number of aryl methyl sites for hydroxylation is 2. The fourth-order valence-electron chi connectivity index (χ4n) is 3.71. The average molecular weight is 393 g/mol. The van der Waals surface area contributed by atoms with Crippen molar-refractivity contribution in [2.45, 2.75) is 25.8 Å². The van der Waals surface area contributed by atoms with E-state index in [1.54, 1.807) is 10.6 Å². The molecule has 0 aliphatic carbocycles. The smallest absolute Gasteiger partial charge is 0.269 e. The number of hydrogen-bond acceptors (Lipinski definition) is 4. The summed E-state index contributed by atoms with van der Waals surface area (Å²) in [5.41, 5.74) is 1.80. The van der Waals surface area contributed by atoms with E-state index in [-0.39, 0.29) is 5.91 Å². The molecular weight excluding hydrogens is 370 g/mol. The molecule has 3 aromatic rings. The van der Waals surface area contributed by atoms with Crippen LogP contribution in [0.3, 0.4) is 0 Å². The summed E-state index contributed by atoms with van der Waals surface area (Å²) in [6, 6.07) is 13.3. The van der Waals surface area contributed by atoms with Crippen molar-refractivity contribution in [1.29, 1.82) is 0 Å². The minimum Gasteiger partial charge on any atom is -0.456 e. The normalized spacial score (nSPS) is 18.7. The van der Waals surface area contributed by atoms with E-state index in [4.69, 9.17) is 4.74 Å². The number of aliphatic hydroxyl groups excluding tert-OH is 1. The highest BCUT2D eigenvalue weighted by Crippen LogP contribution is 2.26. The molecular formula is C22H23N3O4. The van der Waals surface area contributed by atoms with E-state index in [0.29, 0.717) is 30.2 Å². The summed E-state index contributed by atoms with van der Waals surface area (Å²) < 4.78 is 7.69. The highest BCUT2D eigenvalue weighted by atomic mass is 16.5. The number of nitrogens with zero attached hydrogens (tertiary/aromatic N) is 1. The maximum absolute atomic E-state index is 13.1. The van der Waals surface area contributed by atoms with Crippen LogP contribution in [-0.2, 0) is 4.79 Å². The number of carbonyl (C=O) groups is 2. The van der Waals surface area contributed by atoms with Gasteiger partial charge in [0.25, 0.3) is 5.91 Å². The Labute approximate surface area is 168 Å². The van der Waals surface area contributed by atoms with Gasteiger partial charge in [-0.15, -0.1) is 0 Å². The number of aromatic nitrogens is 1. The van der Waals surface area contributed by atoms with Crippen molar-refractivity contribution in [2.75, 3.05) is 13.2 Å². The molecule has 1 aliphatic rings. The van der Waals surface area contributed by atoms with Crippen molar-refractivity contribution >= 4 is 17.3 Å². The van der Waals surface area contributed by atoms with Crippen LogP contribution in [0, 0.1) is 13.8 Å². The summed E-state index contributed by atoms with van der Waals surface area (Å²) in [7, 11) is 0. The van der Waals surface area contributed by atoms with E-state index in [9.17, 15) is 14.7 Å². The fraction of sp³-hybridized carbons (Fsp3) is 0.273. The van der Waals surface area contributed by atoms with Crippen LogP contribution in [0.5, 0.6) is 11.5 Å². The second kappa shape index (κ2) is 7.25. The summed E-state index contributed by atoms with van der Waals surface area (Å²) >= 11 is 0. The molecule has 1 saturated heterocycles. The van der Waals surface area contributed by atoms with Crippen molar-refractivity contribution in [1.82, 2.24) is 15.0 Å². The van der Waals surface area contributed by atoms with Crippen LogP contribution in [0.2, 0.25) is 0 Å². The number of hydrogen-bond donors (Lipinski definition) is 3. The molecule has 7 nitrogen and oxygen atoms in total. The predicted octanol–water partition coefficient (Wildman–Crippen LogP) is 2.33. The quantitative estimate of drug-likeness (QED) is 0.620. The van der Waals surface area contributed by atoms with E-state index < -0.39 is 18.1 Å². The molecule has 150 valence electrons. The summed E-state index contributed by atoms with van der Waals surface area (Å²) in [4.78, 5) is 25.2. The maximum atomic E-state index is 13.1. The van der Waals surface area contributed by atoms with Crippen molar-refractivity contribution in [2.24, 2.45) is 0 Å². The molecule has 4 rings (SSSR count). The lowest BCUT2D eigenvalue weighted by Crippen LogP contribution is -2.56.